The van der Waals surface area contributed by atoms with Gasteiger partial charge in [0.15, 0.2) is 28.1 Å². The van der Waals surface area contributed by atoms with Gasteiger partial charge in [0.1, 0.15) is 0 Å². The van der Waals surface area contributed by atoms with Gasteiger partial charge in [0, 0.05) is 39.1 Å². The number of rotatable bonds is 42. The molecule has 0 spiro atoms. The predicted molar refractivity (Wildman–Crippen MR) is 310 cm³/mol. The van der Waals surface area contributed by atoms with E-state index < -0.39 is 22.6 Å². The molecule has 1 aliphatic heterocycles. The molecule has 13 heteroatoms. The lowest BCUT2D eigenvalue weighted by molar-refractivity contribution is -0.134. The molecule has 1 saturated heterocycles. The van der Waals surface area contributed by atoms with E-state index in [-0.39, 0.29) is 57.5 Å². The zero-order valence-electron chi connectivity index (χ0n) is 49.9. The second-order valence-electron chi connectivity index (χ2n) is 24.4. The first-order valence-corrected chi connectivity index (χ1v) is 35.5. The Balaban J connectivity index is 2.30. The molecule has 2 rings (SSSR count). The van der Waals surface area contributed by atoms with Gasteiger partial charge in [-0.15, -0.1) is 0 Å². The van der Waals surface area contributed by atoms with E-state index in [2.05, 4.69) is 91.4 Å². The van der Waals surface area contributed by atoms with Crippen molar-refractivity contribution in [1.82, 2.24) is 9.80 Å². The predicted octanol–water partition coefficient (Wildman–Crippen LogP) is 16.0. The molecule has 2 atom stereocenters. The molecule has 2 unspecified atom stereocenters. The maximum absolute atomic E-state index is 13.8. The summed E-state index contributed by atoms with van der Waals surface area (Å²) >= 11 is 0. The van der Waals surface area contributed by atoms with Crippen LogP contribution in [0.25, 0.3) is 0 Å². The summed E-state index contributed by atoms with van der Waals surface area (Å²) < 4.78 is 43.2. The number of benzene rings is 1. The number of carbonyl (C=O) groups is 2. The van der Waals surface area contributed by atoms with Crippen molar-refractivity contribution in [3.8, 4) is 17.2 Å². The number of hydrogen-bond donors (Lipinski definition) is 0. The Kier molecular flexibility index (Phi) is 33.9. The third-order valence-electron chi connectivity index (χ3n) is 15.9. The minimum Gasteiger partial charge on any atom is -0.493 e. The number of unbranched alkanes of at least 4 members (excludes halogenated alkanes) is 18. The van der Waals surface area contributed by atoms with Crippen molar-refractivity contribution in [3.63, 3.8) is 0 Å². The van der Waals surface area contributed by atoms with Gasteiger partial charge in [-0.3, -0.25) is 14.6 Å². The van der Waals surface area contributed by atoms with Crippen LogP contribution in [0.4, 0.5) is 0 Å². The van der Waals surface area contributed by atoms with Crippen molar-refractivity contribution in [2.75, 3.05) is 73.3 Å². The summed E-state index contributed by atoms with van der Waals surface area (Å²) in [6.07, 6.45) is 30.0. The van der Waals surface area contributed by atoms with Crippen LogP contribution in [0.2, 0.25) is 36.3 Å². The molecule has 0 N–H and O–H groups in total. The number of morpholine rings is 1. The van der Waals surface area contributed by atoms with Gasteiger partial charge in [-0.2, -0.15) is 0 Å². The standard InChI is InChI=1S/C60H114N2O9Si2/c1-15-17-19-21-23-25-27-29-31-33-37-52(70-72(11,12)59(3,4)5)49-62(50-53(71-73(13,14)60(6,7)8)38-34-32-30-28-26-24-22-20-18-16-2)40-35-39-56(63)69-57-54(65-9)47-51(48-55(57)66-10)58(64)68-44-36-41-61-42-45-67-46-43-61/h47-48,52-53H,15-46,49-50H2,1-14H3. The summed E-state index contributed by atoms with van der Waals surface area (Å²) in [5, 5.41) is 0.176. The maximum atomic E-state index is 13.8. The Morgan fingerprint density at radius 2 is 1.03 bits per heavy atom. The van der Waals surface area contributed by atoms with E-state index in [0.29, 0.717) is 19.6 Å². The molecule has 11 nitrogen and oxygen atoms in total. The van der Waals surface area contributed by atoms with Gasteiger partial charge >= 0.3 is 11.9 Å². The molecule has 1 aromatic carbocycles. The number of esters is 2. The van der Waals surface area contributed by atoms with Crippen LogP contribution >= 0.6 is 0 Å². The molecule has 0 aliphatic carbocycles. The number of hydrogen-bond acceptors (Lipinski definition) is 11. The van der Waals surface area contributed by atoms with E-state index in [1.165, 1.54) is 130 Å². The third-order valence-corrected chi connectivity index (χ3v) is 25.0. The van der Waals surface area contributed by atoms with Gasteiger partial charge in [-0.05, 0) is 80.6 Å². The fourth-order valence-corrected chi connectivity index (χ4v) is 11.9. The average Bonchev–Trinajstić information content (AvgIpc) is 3.33. The van der Waals surface area contributed by atoms with Crippen LogP contribution in [0.5, 0.6) is 17.2 Å². The lowest BCUT2D eigenvalue weighted by Crippen LogP contribution is -2.50. The van der Waals surface area contributed by atoms with Gasteiger partial charge in [0.25, 0.3) is 0 Å². The Morgan fingerprint density at radius 1 is 0.616 bits per heavy atom. The van der Waals surface area contributed by atoms with Crippen molar-refractivity contribution in [3.05, 3.63) is 17.7 Å². The van der Waals surface area contributed by atoms with Crippen molar-refractivity contribution in [2.24, 2.45) is 0 Å². The van der Waals surface area contributed by atoms with E-state index in [9.17, 15) is 9.59 Å². The normalized spacial score (nSPS) is 14.9. The molecule has 1 aromatic rings. The monoisotopic (exact) mass is 1060 g/mol. The maximum Gasteiger partial charge on any atom is 0.338 e. The molecule has 0 radical (unpaired) electrons. The highest BCUT2D eigenvalue weighted by Crippen LogP contribution is 2.41. The quantitative estimate of drug-likeness (QED) is 0.0270. The summed E-state index contributed by atoms with van der Waals surface area (Å²) in [4.78, 5) is 31.9. The summed E-state index contributed by atoms with van der Waals surface area (Å²) in [6.45, 7) is 34.9. The van der Waals surface area contributed by atoms with Crippen LogP contribution in [0.1, 0.15) is 226 Å². The molecule has 1 fully saturated rings. The van der Waals surface area contributed by atoms with Gasteiger partial charge in [-0.25, -0.2) is 4.79 Å². The van der Waals surface area contributed by atoms with Crippen LogP contribution in [-0.2, 0) is 23.1 Å². The molecule has 73 heavy (non-hydrogen) atoms. The van der Waals surface area contributed by atoms with Crippen LogP contribution in [0, 0.1) is 0 Å². The van der Waals surface area contributed by atoms with E-state index in [1.54, 1.807) is 12.1 Å². The van der Waals surface area contributed by atoms with Crippen molar-refractivity contribution in [1.29, 1.82) is 0 Å². The first-order chi connectivity index (χ1) is 34.7. The zero-order chi connectivity index (χ0) is 54.2. The van der Waals surface area contributed by atoms with E-state index in [0.717, 1.165) is 78.0 Å². The van der Waals surface area contributed by atoms with Gasteiger partial charge in [0.05, 0.1) is 51.8 Å². The number of carbonyl (C=O) groups excluding carboxylic acids is 2. The first-order valence-electron chi connectivity index (χ1n) is 29.7. The number of nitrogens with zero attached hydrogens (tertiary/aromatic N) is 2. The van der Waals surface area contributed by atoms with E-state index in [1.807, 2.05) is 0 Å². The molecule has 1 heterocycles. The van der Waals surface area contributed by atoms with Gasteiger partial charge in [-0.1, -0.05) is 184 Å². The Hall–Kier alpha value is -2.01. The van der Waals surface area contributed by atoms with E-state index >= 15 is 0 Å². The lowest BCUT2D eigenvalue weighted by atomic mass is 10.0. The highest BCUT2D eigenvalue weighted by Gasteiger charge is 2.41. The molecular weight excluding hydrogens is 949 g/mol. The van der Waals surface area contributed by atoms with E-state index in [4.69, 9.17) is 32.5 Å². The second kappa shape index (κ2) is 36.9. The van der Waals surface area contributed by atoms with Crippen LogP contribution in [-0.4, -0.2) is 124 Å². The molecule has 0 aromatic heterocycles. The van der Waals surface area contributed by atoms with Gasteiger partial charge < -0.3 is 32.5 Å². The molecule has 0 bridgehead atoms. The molecule has 0 amide bonds. The van der Waals surface area contributed by atoms with Crippen molar-refractivity contribution < 1.29 is 42.1 Å². The smallest absolute Gasteiger partial charge is 0.338 e. The Morgan fingerprint density at radius 3 is 1.42 bits per heavy atom. The van der Waals surface area contributed by atoms with Crippen molar-refractivity contribution >= 4 is 28.6 Å². The Bertz CT molecular complexity index is 1520. The topological polar surface area (TPSA) is 105 Å². The Labute approximate surface area is 451 Å². The fraction of sp³-hybridized carbons (Fsp3) is 0.867. The van der Waals surface area contributed by atoms with Gasteiger partial charge in [0.2, 0.25) is 5.75 Å². The number of ether oxygens (including phenoxy) is 5. The molecule has 426 valence electrons. The second-order valence-corrected chi connectivity index (χ2v) is 33.9. The van der Waals surface area contributed by atoms with Crippen LogP contribution in [0.3, 0.4) is 0 Å². The highest BCUT2D eigenvalue weighted by molar-refractivity contribution is 6.74. The zero-order valence-corrected chi connectivity index (χ0v) is 51.9. The fourth-order valence-electron chi connectivity index (χ4n) is 9.19. The van der Waals surface area contributed by atoms with Crippen LogP contribution in [0.15, 0.2) is 12.1 Å². The first kappa shape index (κ1) is 67.1. The summed E-state index contributed by atoms with van der Waals surface area (Å²) in [5.41, 5.74) is 0.273. The third kappa shape index (κ3) is 28.3. The summed E-state index contributed by atoms with van der Waals surface area (Å²) in [7, 11) is -1.21. The summed E-state index contributed by atoms with van der Waals surface area (Å²) in [5.74, 6) is -0.220. The largest absolute Gasteiger partial charge is 0.493 e. The molecule has 0 saturated carbocycles. The highest BCUT2D eigenvalue weighted by atomic mass is 28.4. The SMILES string of the molecule is CCCCCCCCCCCCC(CN(CCCC(=O)Oc1c(OC)cc(C(=O)OCCCN2CCOCC2)cc1OC)CC(CCCCCCCCCCCC)O[Si](C)(C)C(C)(C)C)O[Si](C)(C)C(C)(C)C. The van der Waals surface area contributed by atoms with Crippen LogP contribution < -0.4 is 14.2 Å². The minimum atomic E-state index is -2.10. The average molecular weight is 1060 g/mol. The van der Waals surface area contributed by atoms with Crippen molar-refractivity contribution in [2.45, 2.75) is 264 Å². The molecular formula is C60H114N2O9Si2. The minimum absolute atomic E-state index is 0.0881. The number of methoxy groups -OCH3 is 2. The molecule has 1 aliphatic rings. The summed E-state index contributed by atoms with van der Waals surface area (Å²) in [6, 6.07) is 3.12. The lowest BCUT2D eigenvalue weighted by Gasteiger charge is -2.42.